The van der Waals surface area contributed by atoms with Crippen LogP contribution < -0.4 is 0 Å². The monoisotopic (exact) mass is 302 g/mol. The van der Waals surface area contributed by atoms with Crippen LogP contribution in [0.2, 0.25) is 0 Å². The zero-order valence-electron chi connectivity index (χ0n) is 13.8. The molecule has 4 heteroatoms. The van der Waals surface area contributed by atoms with Crippen molar-refractivity contribution in [3.05, 3.63) is 35.4 Å². The molecule has 1 aliphatic heterocycles. The molecule has 22 heavy (non-hydrogen) atoms. The highest BCUT2D eigenvalue weighted by molar-refractivity contribution is 5.79. The number of piperazine rings is 1. The molecule has 1 heterocycles. The van der Waals surface area contributed by atoms with E-state index in [1.54, 1.807) is 11.8 Å². The van der Waals surface area contributed by atoms with E-state index in [1.807, 2.05) is 4.90 Å². The molecule has 0 unspecified atom stereocenters. The summed E-state index contributed by atoms with van der Waals surface area (Å²) in [7, 11) is 0. The van der Waals surface area contributed by atoms with Crippen LogP contribution in [0.15, 0.2) is 24.3 Å². The van der Waals surface area contributed by atoms with Gasteiger partial charge < -0.3 is 9.80 Å². The van der Waals surface area contributed by atoms with E-state index in [4.69, 9.17) is 0 Å². The van der Waals surface area contributed by atoms with Crippen molar-refractivity contribution >= 4 is 11.8 Å². The minimum Gasteiger partial charge on any atom is -0.339 e. The molecule has 0 aromatic heterocycles. The lowest BCUT2D eigenvalue weighted by molar-refractivity contribution is -0.138. The summed E-state index contributed by atoms with van der Waals surface area (Å²) in [4.78, 5) is 27.3. The third-order valence-electron chi connectivity index (χ3n) is 4.10. The van der Waals surface area contributed by atoms with Gasteiger partial charge in [0.2, 0.25) is 11.8 Å². The topological polar surface area (TPSA) is 40.6 Å². The van der Waals surface area contributed by atoms with Crippen LogP contribution in [-0.2, 0) is 22.4 Å². The minimum absolute atomic E-state index is 0.0906. The second-order valence-electron chi connectivity index (χ2n) is 6.48. The highest BCUT2D eigenvalue weighted by Gasteiger charge is 2.22. The fourth-order valence-corrected chi connectivity index (χ4v) is 2.82. The van der Waals surface area contributed by atoms with Gasteiger partial charge in [0.15, 0.2) is 0 Å². The zero-order chi connectivity index (χ0) is 16.1. The number of hydrogen-bond acceptors (Lipinski definition) is 2. The first-order valence-electron chi connectivity index (χ1n) is 8.07. The predicted molar refractivity (Wildman–Crippen MR) is 87.5 cm³/mol. The molecular formula is C18H26N2O2. The highest BCUT2D eigenvalue weighted by atomic mass is 16.2. The molecule has 1 saturated heterocycles. The Morgan fingerprint density at radius 1 is 0.955 bits per heavy atom. The van der Waals surface area contributed by atoms with Gasteiger partial charge in [-0.1, -0.05) is 38.1 Å². The summed E-state index contributed by atoms with van der Waals surface area (Å²) in [5.41, 5.74) is 2.38. The molecule has 0 radical (unpaired) electrons. The molecule has 1 fully saturated rings. The minimum atomic E-state index is 0.0906. The fourth-order valence-electron chi connectivity index (χ4n) is 2.82. The van der Waals surface area contributed by atoms with E-state index in [0.29, 0.717) is 38.5 Å². The fraction of sp³-hybridized carbons (Fsp3) is 0.556. The average molecular weight is 302 g/mol. The molecule has 0 bridgehead atoms. The third-order valence-corrected chi connectivity index (χ3v) is 4.10. The van der Waals surface area contributed by atoms with Gasteiger partial charge in [0, 0.05) is 33.1 Å². The van der Waals surface area contributed by atoms with Crippen LogP contribution in [-0.4, -0.2) is 47.8 Å². The second kappa shape index (κ2) is 7.43. The third kappa shape index (κ3) is 4.58. The van der Waals surface area contributed by atoms with Gasteiger partial charge in [-0.3, -0.25) is 9.59 Å². The molecule has 1 aromatic rings. The number of nitrogens with zero attached hydrogens (tertiary/aromatic N) is 2. The van der Waals surface area contributed by atoms with Gasteiger partial charge in [0.05, 0.1) is 6.42 Å². The maximum atomic E-state index is 12.3. The maximum Gasteiger partial charge on any atom is 0.227 e. The molecule has 1 aromatic carbocycles. The summed E-state index contributed by atoms with van der Waals surface area (Å²) in [5.74, 6) is 0.887. The van der Waals surface area contributed by atoms with Crippen molar-refractivity contribution in [1.82, 2.24) is 9.80 Å². The second-order valence-corrected chi connectivity index (χ2v) is 6.48. The van der Waals surface area contributed by atoms with Crippen LogP contribution in [0.4, 0.5) is 0 Å². The van der Waals surface area contributed by atoms with Crippen LogP contribution >= 0.6 is 0 Å². The molecule has 4 nitrogen and oxygen atoms in total. The normalized spacial score (nSPS) is 15.3. The van der Waals surface area contributed by atoms with Gasteiger partial charge in [-0.25, -0.2) is 0 Å². The molecule has 0 atom stereocenters. The Labute approximate surface area is 133 Å². The number of benzene rings is 1. The van der Waals surface area contributed by atoms with Crippen molar-refractivity contribution < 1.29 is 9.59 Å². The van der Waals surface area contributed by atoms with Gasteiger partial charge >= 0.3 is 0 Å². The van der Waals surface area contributed by atoms with Crippen molar-refractivity contribution in [1.29, 1.82) is 0 Å². The van der Waals surface area contributed by atoms with Crippen molar-refractivity contribution in [2.24, 2.45) is 5.92 Å². The maximum absolute atomic E-state index is 12.3. The summed E-state index contributed by atoms with van der Waals surface area (Å²) in [6.07, 6.45) is 1.52. The Kier molecular flexibility index (Phi) is 5.58. The average Bonchev–Trinajstić information content (AvgIpc) is 2.49. The molecule has 0 saturated carbocycles. The summed E-state index contributed by atoms with van der Waals surface area (Å²) in [6.45, 7) is 8.57. The van der Waals surface area contributed by atoms with E-state index in [0.717, 1.165) is 12.0 Å². The Balaban J connectivity index is 1.86. The van der Waals surface area contributed by atoms with E-state index in [9.17, 15) is 9.59 Å². The van der Waals surface area contributed by atoms with Crippen LogP contribution in [0.5, 0.6) is 0 Å². The van der Waals surface area contributed by atoms with Crippen LogP contribution in [0.1, 0.15) is 31.9 Å². The first kappa shape index (κ1) is 16.5. The van der Waals surface area contributed by atoms with Crippen LogP contribution in [0, 0.1) is 5.92 Å². The quantitative estimate of drug-likeness (QED) is 0.855. The lowest BCUT2D eigenvalue weighted by Crippen LogP contribution is -2.50. The summed E-state index contributed by atoms with van der Waals surface area (Å²) in [5, 5.41) is 0. The van der Waals surface area contributed by atoms with Gasteiger partial charge in [-0.15, -0.1) is 0 Å². The van der Waals surface area contributed by atoms with E-state index in [1.165, 1.54) is 5.56 Å². The Hall–Kier alpha value is -1.84. The first-order chi connectivity index (χ1) is 10.5. The van der Waals surface area contributed by atoms with Crippen molar-refractivity contribution in [3.8, 4) is 0 Å². The van der Waals surface area contributed by atoms with Crippen LogP contribution in [0.25, 0.3) is 0 Å². The number of hydrogen-bond donors (Lipinski definition) is 0. The zero-order valence-corrected chi connectivity index (χ0v) is 13.8. The van der Waals surface area contributed by atoms with Crippen molar-refractivity contribution in [2.75, 3.05) is 26.2 Å². The van der Waals surface area contributed by atoms with E-state index < -0.39 is 0 Å². The highest BCUT2D eigenvalue weighted by Crippen LogP contribution is 2.12. The van der Waals surface area contributed by atoms with Gasteiger partial charge in [-0.2, -0.15) is 0 Å². The van der Waals surface area contributed by atoms with E-state index >= 15 is 0 Å². The lowest BCUT2D eigenvalue weighted by atomic mass is 10.0. The number of carbonyl (C=O) groups excluding carboxylic acids is 2. The van der Waals surface area contributed by atoms with E-state index in [-0.39, 0.29) is 11.8 Å². The number of amides is 2. The Morgan fingerprint density at radius 2 is 1.45 bits per heavy atom. The number of rotatable bonds is 4. The van der Waals surface area contributed by atoms with Gasteiger partial charge in [0.1, 0.15) is 0 Å². The SMILES string of the molecule is CC(=O)N1CCN(C(=O)Cc2ccc(CC(C)C)cc2)CC1. The Bertz CT molecular complexity index is 514. The standard InChI is InChI=1S/C18H26N2O2/c1-14(2)12-16-4-6-17(7-5-16)13-18(22)20-10-8-19(9-11-20)15(3)21/h4-7,14H,8-13H2,1-3H3. The first-order valence-corrected chi connectivity index (χ1v) is 8.07. The van der Waals surface area contributed by atoms with Crippen molar-refractivity contribution in [2.45, 2.75) is 33.6 Å². The largest absolute Gasteiger partial charge is 0.339 e. The van der Waals surface area contributed by atoms with Crippen molar-refractivity contribution in [3.63, 3.8) is 0 Å². The Morgan fingerprint density at radius 3 is 1.95 bits per heavy atom. The molecule has 0 N–H and O–H groups in total. The molecule has 0 spiro atoms. The lowest BCUT2D eigenvalue weighted by Gasteiger charge is -2.34. The summed E-state index contributed by atoms with van der Waals surface area (Å²) >= 11 is 0. The van der Waals surface area contributed by atoms with E-state index in [2.05, 4.69) is 38.1 Å². The summed E-state index contributed by atoms with van der Waals surface area (Å²) < 4.78 is 0. The smallest absolute Gasteiger partial charge is 0.227 e. The van der Waals surface area contributed by atoms with Gasteiger partial charge in [-0.05, 0) is 23.5 Å². The summed E-state index contributed by atoms with van der Waals surface area (Å²) in [6, 6.07) is 8.36. The molecular weight excluding hydrogens is 276 g/mol. The number of carbonyl (C=O) groups is 2. The molecule has 1 aliphatic rings. The van der Waals surface area contributed by atoms with Crippen LogP contribution in [0.3, 0.4) is 0 Å². The van der Waals surface area contributed by atoms with Gasteiger partial charge in [0.25, 0.3) is 0 Å². The molecule has 2 rings (SSSR count). The predicted octanol–water partition coefficient (Wildman–Crippen LogP) is 2.12. The molecule has 0 aliphatic carbocycles. The molecule has 120 valence electrons. The molecule has 2 amide bonds.